The van der Waals surface area contributed by atoms with E-state index in [4.69, 9.17) is 9.15 Å². The van der Waals surface area contributed by atoms with Crippen molar-refractivity contribution in [2.45, 2.75) is 0 Å². The molecule has 0 aliphatic rings. The monoisotopic (exact) mass is 275 g/mol. The highest BCUT2D eigenvalue weighted by Crippen LogP contribution is 2.31. The second-order valence-electron chi connectivity index (χ2n) is 3.85. The van der Waals surface area contributed by atoms with Crippen LogP contribution in [0.1, 0.15) is 10.6 Å². The minimum absolute atomic E-state index is 0.246. The Morgan fingerprint density at radius 2 is 2.05 bits per heavy atom. The number of aldehydes is 1. The van der Waals surface area contributed by atoms with Crippen LogP contribution in [-0.2, 0) is 4.74 Å². The quantitative estimate of drug-likeness (QED) is 0.868. The summed E-state index contributed by atoms with van der Waals surface area (Å²) in [5.41, 5.74) is 1.20. The number of methoxy groups -OCH3 is 2. The zero-order chi connectivity index (χ0) is 14.5. The first-order valence-electron chi connectivity index (χ1n) is 5.76. The van der Waals surface area contributed by atoms with E-state index in [0.717, 1.165) is 5.56 Å². The van der Waals surface area contributed by atoms with Gasteiger partial charge in [0.25, 0.3) is 0 Å². The first-order valence-corrected chi connectivity index (χ1v) is 5.76. The molecule has 1 aromatic heterocycles. The summed E-state index contributed by atoms with van der Waals surface area (Å²) in [6.45, 7) is 0. The highest BCUT2D eigenvalue weighted by atomic mass is 16.5. The molecular formula is C14H13NO5. The van der Waals surface area contributed by atoms with Crippen molar-refractivity contribution in [2.75, 3.05) is 19.5 Å². The summed E-state index contributed by atoms with van der Waals surface area (Å²) >= 11 is 0. The third-order valence-corrected chi connectivity index (χ3v) is 2.65. The number of furan rings is 1. The molecule has 1 N–H and O–H groups in total. The Balaban J connectivity index is 2.33. The number of amides is 1. The lowest BCUT2D eigenvalue weighted by Gasteiger charge is -2.10. The second kappa shape index (κ2) is 5.92. The lowest BCUT2D eigenvalue weighted by atomic mass is 10.1. The number of rotatable bonds is 4. The zero-order valence-corrected chi connectivity index (χ0v) is 11.0. The van der Waals surface area contributed by atoms with Gasteiger partial charge in [0.05, 0.1) is 19.9 Å². The second-order valence-corrected chi connectivity index (χ2v) is 3.85. The van der Waals surface area contributed by atoms with E-state index < -0.39 is 6.09 Å². The molecule has 0 unspecified atom stereocenters. The molecule has 0 radical (unpaired) electrons. The molecule has 0 bridgehead atoms. The molecule has 0 aliphatic heterocycles. The standard InChI is InChI=1S/C14H13NO5/c1-18-13-7-9(12-6-4-10(8-16)20-12)3-5-11(13)15-14(17)19-2/h3-8H,1-2H3,(H,15,17). The Labute approximate surface area is 115 Å². The fourth-order valence-electron chi connectivity index (χ4n) is 1.68. The van der Waals surface area contributed by atoms with Gasteiger partial charge in [0.15, 0.2) is 12.0 Å². The summed E-state index contributed by atoms with van der Waals surface area (Å²) in [7, 11) is 2.76. The van der Waals surface area contributed by atoms with Crippen molar-refractivity contribution in [3.63, 3.8) is 0 Å². The fourth-order valence-corrected chi connectivity index (χ4v) is 1.68. The van der Waals surface area contributed by atoms with E-state index in [9.17, 15) is 9.59 Å². The third kappa shape index (κ3) is 2.80. The van der Waals surface area contributed by atoms with Crippen LogP contribution in [0.2, 0.25) is 0 Å². The van der Waals surface area contributed by atoms with Crippen molar-refractivity contribution in [3.8, 4) is 17.1 Å². The SMILES string of the molecule is COC(=O)Nc1ccc(-c2ccc(C=O)o2)cc1OC. The molecule has 0 spiro atoms. The van der Waals surface area contributed by atoms with Crippen molar-refractivity contribution < 1.29 is 23.5 Å². The van der Waals surface area contributed by atoms with Crippen LogP contribution in [0.3, 0.4) is 0 Å². The lowest BCUT2D eigenvalue weighted by molar-refractivity contribution is 0.110. The van der Waals surface area contributed by atoms with Gasteiger partial charge in [0.1, 0.15) is 11.5 Å². The Hall–Kier alpha value is -2.76. The summed E-state index contributed by atoms with van der Waals surface area (Å²) in [6.07, 6.45) is 0.0470. The van der Waals surface area contributed by atoms with E-state index >= 15 is 0 Å². The zero-order valence-electron chi connectivity index (χ0n) is 11.0. The molecule has 0 aliphatic carbocycles. The predicted octanol–water partition coefficient (Wildman–Crippen LogP) is 2.95. The third-order valence-electron chi connectivity index (χ3n) is 2.65. The highest BCUT2D eigenvalue weighted by molar-refractivity contribution is 5.87. The number of ether oxygens (including phenoxy) is 2. The van der Waals surface area contributed by atoms with E-state index in [1.54, 1.807) is 30.3 Å². The number of benzene rings is 1. The van der Waals surface area contributed by atoms with Crippen molar-refractivity contribution in [2.24, 2.45) is 0 Å². The van der Waals surface area contributed by atoms with Crippen molar-refractivity contribution in [1.29, 1.82) is 0 Å². The molecule has 2 rings (SSSR count). The topological polar surface area (TPSA) is 77.8 Å². The summed E-state index contributed by atoms with van der Waals surface area (Å²) < 4.78 is 15.1. The lowest BCUT2D eigenvalue weighted by Crippen LogP contribution is -2.11. The molecule has 0 saturated carbocycles. The highest BCUT2D eigenvalue weighted by Gasteiger charge is 2.11. The van der Waals surface area contributed by atoms with Gasteiger partial charge in [-0.2, -0.15) is 0 Å². The molecule has 104 valence electrons. The maximum atomic E-state index is 11.2. The van der Waals surface area contributed by atoms with Gasteiger partial charge in [-0.3, -0.25) is 10.1 Å². The minimum atomic E-state index is -0.586. The average molecular weight is 275 g/mol. The number of hydrogen-bond acceptors (Lipinski definition) is 5. The Morgan fingerprint density at radius 3 is 2.65 bits per heavy atom. The molecular weight excluding hydrogens is 262 g/mol. The van der Waals surface area contributed by atoms with Gasteiger partial charge in [-0.25, -0.2) is 4.79 Å². The Morgan fingerprint density at radius 1 is 1.25 bits per heavy atom. The first-order chi connectivity index (χ1) is 9.67. The summed E-state index contributed by atoms with van der Waals surface area (Å²) in [5.74, 6) is 1.24. The summed E-state index contributed by atoms with van der Waals surface area (Å²) in [5, 5.41) is 2.53. The Bertz CT molecular complexity index is 632. The smallest absolute Gasteiger partial charge is 0.411 e. The number of hydrogen-bond donors (Lipinski definition) is 1. The predicted molar refractivity (Wildman–Crippen MR) is 72.1 cm³/mol. The van der Waals surface area contributed by atoms with Crippen LogP contribution in [-0.4, -0.2) is 26.6 Å². The largest absolute Gasteiger partial charge is 0.495 e. The maximum Gasteiger partial charge on any atom is 0.411 e. The van der Waals surface area contributed by atoms with Crippen LogP contribution in [0, 0.1) is 0 Å². The van der Waals surface area contributed by atoms with Gasteiger partial charge in [-0.05, 0) is 30.3 Å². The van der Waals surface area contributed by atoms with Gasteiger partial charge < -0.3 is 13.9 Å². The van der Waals surface area contributed by atoms with E-state index in [2.05, 4.69) is 10.1 Å². The molecule has 1 aromatic carbocycles. The molecule has 20 heavy (non-hydrogen) atoms. The summed E-state index contributed by atoms with van der Waals surface area (Å²) in [4.78, 5) is 21.8. The van der Waals surface area contributed by atoms with Gasteiger partial charge >= 0.3 is 6.09 Å². The van der Waals surface area contributed by atoms with Crippen LogP contribution in [0.15, 0.2) is 34.7 Å². The van der Waals surface area contributed by atoms with Gasteiger partial charge in [-0.1, -0.05) is 0 Å². The van der Waals surface area contributed by atoms with Gasteiger partial charge in [-0.15, -0.1) is 0 Å². The molecule has 6 nitrogen and oxygen atoms in total. The number of anilines is 1. The first kappa shape index (κ1) is 13.7. The molecule has 1 amide bonds. The van der Waals surface area contributed by atoms with Crippen LogP contribution in [0.25, 0.3) is 11.3 Å². The van der Waals surface area contributed by atoms with E-state index in [1.807, 2.05) is 0 Å². The van der Waals surface area contributed by atoms with Crippen LogP contribution in [0.4, 0.5) is 10.5 Å². The fraction of sp³-hybridized carbons (Fsp3) is 0.143. The van der Waals surface area contributed by atoms with E-state index in [0.29, 0.717) is 23.5 Å². The van der Waals surface area contributed by atoms with Crippen molar-refractivity contribution in [1.82, 2.24) is 0 Å². The molecule has 1 heterocycles. The van der Waals surface area contributed by atoms with E-state index in [1.165, 1.54) is 14.2 Å². The maximum absolute atomic E-state index is 11.2. The van der Waals surface area contributed by atoms with Crippen LogP contribution < -0.4 is 10.1 Å². The number of carbonyl (C=O) groups excluding carboxylic acids is 2. The molecule has 6 heteroatoms. The van der Waals surface area contributed by atoms with Gasteiger partial charge in [0, 0.05) is 5.56 Å². The summed E-state index contributed by atoms with van der Waals surface area (Å²) in [6, 6.07) is 8.36. The molecule has 0 saturated heterocycles. The minimum Gasteiger partial charge on any atom is -0.495 e. The van der Waals surface area contributed by atoms with Crippen LogP contribution in [0.5, 0.6) is 5.75 Å². The van der Waals surface area contributed by atoms with Crippen molar-refractivity contribution >= 4 is 18.1 Å². The Kier molecular flexibility index (Phi) is 4.05. The molecule has 0 fully saturated rings. The molecule has 0 atom stereocenters. The number of nitrogens with one attached hydrogen (secondary N) is 1. The average Bonchev–Trinajstić information content (AvgIpc) is 2.96. The van der Waals surface area contributed by atoms with Gasteiger partial charge in [0.2, 0.25) is 0 Å². The van der Waals surface area contributed by atoms with E-state index in [-0.39, 0.29) is 5.76 Å². The molecule has 2 aromatic rings. The normalized spacial score (nSPS) is 9.90. The number of carbonyl (C=O) groups is 2. The van der Waals surface area contributed by atoms with Crippen molar-refractivity contribution in [3.05, 3.63) is 36.1 Å². The van der Waals surface area contributed by atoms with Crippen LogP contribution >= 0.6 is 0 Å².